The summed E-state index contributed by atoms with van der Waals surface area (Å²) in [5.41, 5.74) is 1.17. The fraction of sp³-hybridized carbons (Fsp3) is 0.393. The summed E-state index contributed by atoms with van der Waals surface area (Å²) in [7, 11) is -2.84. The average Bonchev–Trinajstić information content (AvgIpc) is 3.23. The molecule has 3 N–H and O–H groups in total. The van der Waals surface area contributed by atoms with Gasteiger partial charge in [-0.1, -0.05) is 23.7 Å². The zero-order valence-corrected chi connectivity index (χ0v) is 24.2. The topological polar surface area (TPSA) is 143 Å². The van der Waals surface area contributed by atoms with Gasteiger partial charge in [0.2, 0.25) is 21.9 Å². The summed E-state index contributed by atoms with van der Waals surface area (Å²) in [5, 5.41) is 15.5. The number of halogens is 2. The number of fused-ring (bicyclic) bond motifs is 1. The molecule has 0 unspecified atom stereocenters. The zero-order chi connectivity index (χ0) is 33.6. The van der Waals surface area contributed by atoms with Crippen LogP contribution >= 0.6 is 11.6 Å². The Morgan fingerprint density at radius 3 is 2.79 bits per heavy atom. The van der Waals surface area contributed by atoms with Gasteiger partial charge in [-0.3, -0.25) is 4.79 Å². The van der Waals surface area contributed by atoms with Crippen LogP contribution in [0, 0.1) is 5.82 Å². The second-order valence-electron chi connectivity index (χ2n) is 9.75. The fourth-order valence-corrected chi connectivity index (χ4v) is 6.70. The molecule has 0 spiro atoms. The number of hydrogen-bond acceptors (Lipinski definition) is 9. The van der Waals surface area contributed by atoms with Gasteiger partial charge in [0.25, 0.3) is 0 Å². The van der Waals surface area contributed by atoms with Crippen LogP contribution in [0.25, 0.3) is 11.3 Å². The first-order chi connectivity index (χ1) is 21.5. The molecule has 3 heterocycles. The number of nitrogens with zero attached hydrogens (tertiary/aromatic N) is 3. The van der Waals surface area contributed by atoms with E-state index in [2.05, 4.69) is 20.6 Å². The molecule has 5 rings (SSSR count). The first-order valence-corrected chi connectivity index (χ1v) is 14.7. The number of aromatic nitrogens is 2. The fourth-order valence-electron chi connectivity index (χ4n) is 4.69. The number of sulfonamides is 1. The largest absolute Gasteiger partial charge is 0.497 e. The second kappa shape index (κ2) is 12.5. The van der Waals surface area contributed by atoms with Crippen LogP contribution < -0.4 is 15.4 Å². The molecule has 2 aliphatic rings. The van der Waals surface area contributed by atoms with Crippen LogP contribution in [0.1, 0.15) is 42.4 Å². The Morgan fingerprint density at radius 1 is 1.31 bits per heavy atom. The lowest BCUT2D eigenvalue weighted by atomic mass is 10.1. The lowest BCUT2D eigenvalue weighted by molar-refractivity contribution is -0.125. The first-order valence-electron chi connectivity index (χ1n) is 14.9. The van der Waals surface area contributed by atoms with Crippen LogP contribution in [0.5, 0.6) is 5.75 Å². The number of benzene rings is 2. The van der Waals surface area contributed by atoms with Gasteiger partial charge < -0.3 is 25.2 Å². The van der Waals surface area contributed by atoms with Gasteiger partial charge in [-0.2, -0.15) is 4.31 Å². The normalized spacial score (nSPS) is 22.0. The molecule has 11 nitrogen and oxygen atoms in total. The van der Waals surface area contributed by atoms with Crippen molar-refractivity contribution >= 4 is 33.5 Å². The van der Waals surface area contributed by atoms with E-state index in [1.165, 1.54) is 32.4 Å². The van der Waals surface area contributed by atoms with Gasteiger partial charge in [0.1, 0.15) is 17.6 Å². The van der Waals surface area contributed by atoms with Crippen molar-refractivity contribution in [2.24, 2.45) is 0 Å². The molecule has 42 heavy (non-hydrogen) atoms. The molecule has 0 aliphatic carbocycles. The molecule has 2 atom stereocenters. The predicted molar refractivity (Wildman–Crippen MR) is 153 cm³/mol. The van der Waals surface area contributed by atoms with Gasteiger partial charge >= 0.3 is 0 Å². The Kier molecular flexibility index (Phi) is 7.48. The van der Waals surface area contributed by atoms with E-state index in [1.54, 1.807) is 12.1 Å². The van der Waals surface area contributed by atoms with Crippen LogP contribution in [0.4, 0.5) is 10.3 Å². The maximum absolute atomic E-state index is 14.1. The van der Waals surface area contributed by atoms with E-state index in [9.17, 15) is 22.7 Å². The quantitative estimate of drug-likeness (QED) is 0.327. The number of aliphatic hydroxyl groups is 1. The predicted octanol–water partition coefficient (Wildman–Crippen LogP) is 3.28. The van der Waals surface area contributed by atoms with E-state index >= 15 is 0 Å². The number of carbonyl (C=O) groups is 1. The molecular formula is C28H31ClFN5O6S. The highest BCUT2D eigenvalue weighted by Crippen LogP contribution is 2.36. The Hall–Kier alpha value is -3.36. The third kappa shape index (κ3) is 6.20. The van der Waals surface area contributed by atoms with E-state index in [4.69, 9.17) is 26.6 Å². The number of anilines is 1. The third-order valence-electron chi connectivity index (χ3n) is 6.98. The molecular weight excluding hydrogens is 589 g/mol. The van der Waals surface area contributed by atoms with Crippen LogP contribution in [0.3, 0.4) is 0 Å². The first kappa shape index (κ1) is 25.2. The molecule has 1 fully saturated rings. The SMILES string of the molecule is [2H]C1([2H])CC(Nc2ncc(Cl)c(-c3ccc4c(c3)S(=O)(=O)N([C@H](C)C(=O)N[C@H](CO)c3cc(F)cc(OC)c3)C4)n2)CC([2H])([2H])O1. The van der Waals surface area contributed by atoms with Crippen molar-refractivity contribution in [1.29, 1.82) is 0 Å². The van der Waals surface area contributed by atoms with Crippen molar-refractivity contribution < 1.29 is 37.7 Å². The van der Waals surface area contributed by atoms with Crippen molar-refractivity contribution in [3.05, 3.63) is 64.6 Å². The molecule has 3 aromatic rings. The minimum absolute atomic E-state index is 0.0301. The minimum Gasteiger partial charge on any atom is -0.497 e. The Balaban J connectivity index is 1.35. The Morgan fingerprint density at radius 2 is 2.07 bits per heavy atom. The van der Waals surface area contributed by atoms with Gasteiger partial charge in [-0.25, -0.2) is 22.8 Å². The molecule has 1 aromatic heterocycles. The van der Waals surface area contributed by atoms with Crippen molar-refractivity contribution in [2.45, 2.75) is 49.3 Å². The van der Waals surface area contributed by atoms with E-state index < -0.39 is 59.6 Å². The third-order valence-corrected chi connectivity index (χ3v) is 9.25. The smallest absolute Gasteiger partial charge is 0.244 e. The molecule has 0 radical (unpaired) electrons. The van der Waals surface area contributed by atoms with Gasteiger partial charge in [0, 0.05) is 37.3 Å². The molecule has 1 amide bonds. The van der Waals surface area contributed by atoms with Crippen LogP contribution in [0.15, 0.2) is 47.5 Å². The van der Waals surface area contributed by atoms with Gasteiger partial charge in [-0.15, -0.1) is 0 Å². The monoisotopic (exact) mass is 623 g/mol. The second-order valence-corrected chi connectivity index (χ2v) is 12.0. The summed E-state index contributed by atoms with van der Waals surface area (Å²) < 4.78 is 83.8. The summed E-state index contributed by atoms with van der Waals surface area (Å²) in [4.78, 5) is 21.7. The molecule has 1 saturated heterocycles. The standard InChI is InChI=1S/C28H31ClFN5O6S/c1-16(27(37)33-24(15-36)19-9-20(30)12-22(10-19)40-2)35-14-18-4-3-17(11-25(18)42(35,38)39)26-23(29)13-31-28(34-26)32-21-5-7-41-8-6-21/h3-4,9-13,16,21,24,36H,5-8,14-15H2,1-2H3,(H,33,37)(H,31,32,34)/t16-,24-/m1/s1/i7D2,8D2. The highest BCUT2D eigenvalue weighted by atomic mass is 35.5. The molecule has 0 saturated carbocycles. The number of aliphatic hydroxyl groups excluding tert-OH is 1. The van der Waals surface area contributed by atoms with Gasteiger partial charge in [-0.05, 0) is 49.1 Å². The summed E-state index contributed by atoms with van der Waals surface area (Å²) in [5.74, 6) is -1.13. The zero-order valence-electron chi connectivity index (χ0n) is 26.6. The lowest BCUT2D eigenvalue weighted by Crippen LogP contribution is -2.46. The average molecular weight is 624 g/mol. The number of hydrogen-bond donors (Lipinski definition) is 3. The highest BCUT2D eigenvalue weighted by molar-refractivity contribution is 7.89. The Labute approximate surface area is 253 Å². The van der Waals surface area contributed by atoms with Crippen molar-refractivity contribution in [1.82, 2.24) is 19.6 Å². The van der Waals surface area contributed by atoms with Crippen LogP contribution in [-0.2, 0) is 26.1 Å². The van der Waals surface area contributed by atoms with Crippen molar-refractivity contribution in [2.75, 3.05) is 32.2 Å². The number of amides is 1. The van der Waals surface area contributed by atoms with E-state index in [0.717, 1.165) is 16.4 Å². The number of carbonyl (C=O) groups excluding carboxylic acids is 1. The number of ether oxygens (including phenoxy) is 2. The number of methoxy groups -OCH3 is 1. The minimum atomic E-state index is -4.19. The van der Waals surface area contributed by atoms with Gasteiger partial charge in [0.15, 0.2) is 0 Å². The summed E-state index contributed by atoms with van der Waals surface area (Å²) in [6, 6.07) is 5.38. The van der Waals surface area contributed by atoms with Gasteiger partial charge in [0.05, 0.1) is 47.1 Å². The van der Waals surface area contributed by atoms with E-state index in [1.807, 2.05) is 0 Å². The van der Waals surface area contributed by atoms with E-state index in [0.29, 0.717) is 11.1 Å². The summed E-state index contributed by atoms with van der Waals surface area (Å²) in [6.07, 6.45) is 0.963. The van der Waals surface area contributed by atoms with Crippen molar-refractivity contribution in [3.8, 4) is 17.0 Å². The maximum Gasteiger partial charge on any atom is 0.244 e. The summed E-state index contributed by atoms with van der Waals surface area (Å²) in [6.45, 7) is -3.71. The molecule has 2 aromatic carbocycles. The van der Waals surface area contributed by atoms with Crippen LogP contribution in [0.2, 0.25) is 5.02 Å². The van der Waals surface area contributed by atoms with Crippen molar-refractivity contribution in [3.63, 3.8) is 0 Å². The molecule has 2 aliphatic heterocycles. The maximum atomic E-state index is 14.1. The Bertz CT molecular complexity index is 1760. The molecule has 14 heteroatoms. The number of rotatable bonds is 9. The summed E-state index contributed by atoms with van der Waals surface area (Å²) >= 11 is 6.39. The lowest BCUT2D eigenvalue weighted by Gasteiger charge is -2.25. The molecule has 0 bridgehead atoms. The van der Waals surface area contributed by atoms with E-state index in [-0.39, 0.29) is 52.3 Å². The molecule has 224 valence electrons. The highest BCUT2D eigenvalue weighted by Gasteiger charge is 2.41. The van der Waals surface area contributed by atoms with Crippen LogP contribution in [-0.4, -0.2) is 72.6 Å². The number of nitrogens with one attached hydrogen (secondary N) is 2.